The quantitative estimate of drug-likeness (QED) is 0.877. The SMILES string of the molecule is CC(C)(C)NCC(=O)Cc1c(F)cccc1F. The number of halogens is 2. The monoisotopic (exact) mass is 241 g/mol. The maximum absolute atomic E-state index is 13.3. The Morgan fingerprint density at radius 1 is 1.24 bits per heavy atom. The van der Waals surface area contributed by atoms with Crippen LogP contribution in [-0.4, -0.2) is 17.9 Å². The van der Waals surface area contributed by atoms with E-state index in [-0.39, 0.29) is 29.9 Å². The van der Waals surface area contributed by atoms with Gasteiger partial charge >= 0.3 is 0 Å². The molecule has 1 aromatic carbocycles. The fraction of sp³-hybridized carbons (Fsp3) is 0.462. The number of carbonyl (C=O) groups excluding carboxylic acids is 1. The Hall–Kier alpha value is -1.29. The maximum Gasteiger partial charge on any atom is 0.151 e. The van der Waals surface area contributed by atoms with E-state index in [0.29, 0.717) is 0 Å². The number of benzene rings is 1. The van der Waals surface area contributed by atoms with E-state index in [2.05, 4.69) is 5.32 Å². The molecule has 0 spiro atoms. The number of hydrogen-bond donors (Lipinski definition) is 1. The van der Waals surface area contributed by atoms with Crippen molar-refractivity contribution in [1.82, 2.24) is 5.32 Å². The predicted molar refractivity (Wildman–Crippen MR) is 62.8 cm³/mol. The summed E-state index contributed by atoms with van der Waals surface area (Å²) in [5, 5.41) is 2.99. The van der Waals surface area contributed by atoms with E-state index >= 15 is 0 Å². The molecule has 0 saturated heterocycles. The number of nitrogens with one attached hydrogen (secondary N) is 1. The van der Waals surface area contributed by atoms with Gasteiger partial charge in [-0.15, -0.1) is 0 Å². The van der Waals surface area contributed by atoms with Crippen molar-refractivity contribution in [3.63, 3.8) is 0 Å². The average Bonchev–Trinajstić information content (AvgIpc) is 2.20. The number of carbonyl (C=O) groups is 1. The Bertz CT molecular complexity index is 390. The molecular weight excluding hydrogens is 224 g/mol. The molecule has 0 aliphatic heterocycles. The zero-order valence-electron chi connectivity index (χ0n) is 10.3. The zero-order chi connectivity index (χ0) is 13.1. The first-order valence-electron chi connectivity index (χ1n) is 5.49. The molecule has 94 valence electrons. The van der Waals surface area contributed by atoms with Gasteiger partial charge in [-0.25, -0.2) is 8.78 Å². The molecule has 0 aromatic heterocycles. The molecular formula is C13H17F2NO. The second kappa shape index (κ2) is 5.36. The highest BCUT2D eigenvalue weighted by Gasteiger charge is 2.15. The van der Waals surface area contributed by atoms with Gasteiger partial charge in [0.2, 0.25) is 0 Å². The third-order valence-corrected chi connectivity index (χ3v) is 2.25. The molecule has 0 saturated carbocycles. The highest BCUT2D eigenvalue weighted by atomic mass is 19.1. The van der Waals surface area contributed by atoms with Crippen LogP contribution in [0.5, 0.6) is 0 Å². The molecule has 0 bridgehead atoms. The van der Waals surface area contributed by atoms with Crippen molar-refractivity contribution < 1.29 is 13.6 Å². The van der Waals surface area contributed by atoms with Gasteiger partial charge in [-0.3, -0.25) is 4.79 Å². The van der Waals surface area contributed by atoms with Crippen LogP contribution in [-0.2, 0) is 11.2 Å². The van der Waals surface area contributed by atoms with Crippen LogP contribution < -0.4 is 5.32 Å². The first-order chi connectivity index (χ1) is 7.79. The van der Waals surface area contributed by atoms with Crippen LogP contribution in [0.2, 0.25) is 0 Å². The molecule has 0 aliphatic rings. The van der Waals surface area contributed by atoms with E-state index in [4.69, 9.17) is 0 Å². The van der Waals surface area contributed by atoms with E-state index in [1.807, 2.05) is 20.8 Å². The second-order valence-corrected chi connectivity index (χ2v) is 5.02. The lowest BCUT2D eigenvalue weighted by Gasteiger charge is -2.19. The highest BCUT2D eigenvalue weighted by Crippen LogP contribution is 2.12. The van der Waals surface area contributed by atoms with Gasteiger partial charge in [-0.1, -0.05) is 6.07 Å². The summed E-state index contributed by atoms with van der Waals surface area (Å²) in [4.78, 5) is 11.6. The Labute approximate surface area is 100 Å². The van der Waals surface area contributed by atoms with E-state index in [9.17, 15) is 13.6 Å². The van der Waals surface area contributed by atoms with Crippen LogP contribution in [0.4, 0.5) is 8.78 Å². The predicted octanol–water partition coefficient (Wildman–Crippen LogP) is 2.46. The molecule has 1 N–H and O–H groups in total. The lowest BCUT2D eigenvalue weighted by Crippen LogP contribution is -2.39. The normalized spacial score (nSPS) is 11.6. The number of Topliss-reactive ketones (excluding diaryl/α,β-unsaturated/α-hetero) is 1. The second-order valence-electron chi connectivity index (χ2n) is 5.02. The Morgan fingerprint density at radius 2 is 1.76 bits per heavy atom. The van der Waals surface area contributed by atoms with E-state index in [1.165, 1.54) is 6.07 Å². The molecule has 1 aromatic rings. The Kier molecular flexibility index (Phi) is 4.34. The molecule has 2 nitrogen and oxygen atoms in total. The third-order valence-electron chi connectivity index (χ3n) is 2.25. The molecule has 0 amide bonds. The van der Waals surface area contributed by atoms with Crippen molar-refractivity contribution in [2.75, 3.05) is 6.54 Å². The molecule has 0 radical (unpaired) electrons. The zero-order valence-corrected chi connectivity index (χ0v) is 10.3. The van der Waals surface area contributed by atoms with E-state index in [1.54, 1.807) is 0 Å². The van der Waals surface area contributed by atoms with Gasteiger partial charge in [-0.05, 0) is 32.9 Å². The molecule has 0 fully saturated rings. The first-order valence-corrected chi connectivity index (χ1v) is 5.49. The highest BCUT2D eigenvalue weighted by molar-refractivity contribution is 5.82. The summed E-state index contributed by atoms with van der Waals surface area (Å²) in [5.41, 5.74) is -0.350. The average molecular weight is 241 g/mol. The van der Waals surface area contributed by atoms with Gasteiger partial charge in [0, 0.05) is 17.5 Å². The van der Waals surface area contributed by atoms with Crippen LogP contribution in [0.3, 0.4) is 0 Å². The van der Waals surface area contributed by atoms with E-state index < -0.39 is 11.6 Å². The third kappa shape index (κ3) is 4.61. The van der Waals surface area contributed by atoms with Crippen molar-refractivity contribution in [3.05, 3.63) is 35.4 Å². The molecule has 0 heterocycles. The minimum atomic E-state index is -0.672. The smallest absolute Gasteiger partial charge is 0.151 e. The molecule has 0 unspecified atom stereocenters. The molecule has 4 heteroatoms. The summed E-state index contributed by atoms with van der Waals surface area (Å²) in [5.74, 6) is -1.58. The molecule has 0 atom stereocenters. The van der Waals surface area contributed by atoms with Crippen molar-refractivity contribution >= 4 is 5.78 Å². The van der Waals surface area contributed by atoms with Crippen molar-refractivity contribution in [2.24, 2.45) is 0 Å². The topological polar surface area (TPSA) is 29.1 Å². The first kappa shape index (κ1) is 13.8. The van der Waals surface area contributed by atoms with E-state index in [0.717, 1.165) is 12.1 Å². The lowest BCUT2D eigenvalue weighted by atomic mass is 10.1. The van der Waals surface area contributed by atoms with Gasteiger partial charge in [0.15, 0.2) is 5.78 Å². The summed E-state index contributed by atoms with van der Waals surface area (Å²) in [6.45, 7) is 5.87. The minimum Gasteiger partial charge on any atom is -0.305 e. The summed E-state index contributed by atoms with van der Waals surface area (Å²) in [6, 6.07) is 3.60. The lowest BCUT2D eigenvalue weighted by molar-refractivity contribution is -0.118. The van der Waals surface area contributed by atoms with Gasteiger partial charge < -0.3 is 5.32 Å². The van der Waals surface area contributed by atoms with Crippen molar-refractivity contribution in [1.29, 1.82) is 0 Å². The molecule has 17 heavy (non-hydrogen) atoms. The van der Waals surface area contributed by atoms with Gasteiger partial charge in [0.1, 0.15) is 11.6 Å². The Morgan fingerprint density at radius 3 is 2.24 bits per heavy atom. The fourth-order valence-corrected chi connectivity index (χ4v) is 1.32. The van der Waals surface area contributed by atoms with Crippen molar-refractivity contribution in [3.8, 4) is 0 Å². The maximum atomic E-state index is 13.3. The van der Waals surface area contributed by atoms with Gasteiger partial charge in [0.05, 0.1) is 6.54 Å². The largest absolute Gasteiger partial charge is 0.305 e. The summed E-state index contributed by atoms with van der Waals surface area (Å²) < 4.78 is 26.5. The summed E-state index contributed by atoms with van der Waals surface area (Å²) in [6.07, 6.45) is -0.221. The van der Waals surface area contributed by atoms with Crippen LogP contribution in [0.15, 0.2) is 18.2 Å². The fourth-order valence-electron chi connectivity index (χ4n) is 1.32. The molecule has 1 rings (SSSR count). The summed E-state index contributed by atoms with van der Waals surface area (Å²) >= 11 is 0. The van der Waals surface area contributed by atoms with Crippen LogP contribution >= 0.6 is 0 Å². The van der Waals surface area contributed by atoms with Crippen LogP contribution in [0.1, 0.15) is 26.3 Å². The van der Waals surface area contributed by atoms with Gasteiger partial charge in [-0.2, -0.15) is 0 Å². The van der Waals surface area contributed by atoms with Crippen LogP contribution in [0, 0.1) is 11.6 Å². The number of hydrogen-bond acceptors (Lipinski definition) is 2. The molecule has 0 aliphatic carbocycles. The van der Waals surface area contributed by atoms with Gasteiger partial charge in [0.25, 0.3) is 0 Å². The number of rotatable bonds is 4. The Balaban J connectivity index is 2.63. The standard InChI is InChI=1S/C13H17F2NO/c1-13(2,3)16-8-9(17)7-10-11(14)5-4-6-12(10)15/h4-6,16H,7-8H2,1-3H3. The minimum absolute atomic E-state index is 0.108. The van der Waals surface area contributed by atoms with Crippen molar-refractivity contribution in [2.45, 2.75) is 32.7 Å². The van der Waals surface area contributed by atoms with Crippen LogP contribution in [0.25, 0.3) is 0 Å². The number of ketones is 1. The summed E-state index contributed by atoms with van der Waals surface area (Å²) in [7, 11) is 0.